The Labute approximate surface area is 71.8 Å². The molecule has 0 saturated carbocycles. The summed E-state index contributed by atoms with van der Waals surface area (Å²) < 4.78 is 0. The smallest absolute Gasteiger partial charge is 0.0601 e. The monoisotopic (exact) mass is 163 g/mol. The summed E-state index contributed by atoms with van der Waals surface area (Å²) in [5.41, 5.74) is 15.3. The van der Waals surface area contributed by atoms with Crippen LogP contribution in [0.15, 0.2) is 12.1 Å². The molecule has 5 N–H and O–H groups in total. The highest BCUT2D eigenvalue weighted by Gasteiger charge is 2.12. The van der Waals surface area contributed by atoms with Gasteiger partial charge in [0, 0.05) is 17.8 Å². The molecule has 0 saturated heterocycles. The van der Waals surface area contributed by atoms with Crippen molar-refractivity contribution in [2.75, 3.05) is 23.3 Å². The van der Waals surface area contributed by atoms with Crippen molar-refractivity contribution in [2.24, 2.45) is 0 Å². The highest BCUT2D eigenvalue weighted by Crippen LogP contribution is 2.30. The normalized spacial score (nSPS) is 15.0. The minimum absolute atomic E-state index is 0.692. The molecule has 3 nitrogen and oxygen atoms in total. The van der Waals surface area contributed by atoms with Crippen molar-refractivity contribution in [3.8, 4) is 0 Å². The quantitative estimate of drug-likeness (QED) is 0.504. The van der Waals surface area contributed by atoms with E-state index in [1.807, 2.05) is 12.1 Å². The van der Waals surface area contributed by atoms with Crippen LogP contribution < -0.4 is 16.8 Å². The first kappa shape index (κ1) is 7.28. The molecule has 1 aromatic rings. The van der Waals surface area contributed by atoms with Gasteiger partial charge in [-0.2, -0.15) is 0 Å². The van der Waals surface area contributed by atoms with E-state index in [0.29, 0.717) is 5.69 Å². The van der Waals surface area contributed by atoms with Gasteiger partial charge in [0.2, 0.25) is 0 Å². The summed E-state index contributed by atoms with van der Waals surface area (Å²) >= 11 is 0. The number of rotatable bonds is 0. The van der Waals surface area contributed by atoms with Crippen LogP contribution in [0.3, 0.4) is 0 Å². The van der Waals surface area contributed by atoms with Crippen molar-refractivity contribution in [1.29, 1.82) is 0 Å². The number of nitrogen functional groups attached to an aromatic ring is 2. The Morgan fingerprint density at radius 2 is 2.08 bits per heavy atom. The third kappa shape index (κ3) is 0.978. The molecule has 1 aliphatic rings. The Kier molecular flexibility index (Phi) is 1.57. The van der Waals surface area contributed by atoms with Crippen molar-refractivity contribution < 1.29 is 0 Å². The zero-order chi connectivity index (χ0) is 8.55. The molecule has 0 amide bonds. The van der Waals surface area contributed by atoms with Crippen LogP contribution in [0.5, 0.6) is 0 Å². The zero-order valence-electron chi connectivity index (χ0n) is 6.93. The van der Waals surface area contributed by atoms with Crippen molar-refractivity contribution in [3.63, 3.8) is 0 Å². The fraction of sp³-hybridized carbons (Fsp3) is 0.333. The van der Waals surface area contributed by atoms with E-state index in [1.54, 1.807) is 0 Å². The predicted octanol–water partition coefficient (Wildman–Crippen LogP) is 1.21. The van der Waals surface area contributed by atoms with Gasteiger partial charge in [0.25, 0.3) is 0 Å². The number of anilines is 3. The molecule has 0 atom stereocenters. The van der Waals surface area contributed by atoms with Gasteiger partial charge in [-0.3, -0.25) is 0 Å². The SMILES string of the molecule is Nc1ccc2c(c1N)CCCN2. The molecule has 3 heteroatoms. The molecular formula is C9H13N3. The maximum absolute atomic E-state index is 5.84. The number of fused-ring (bicyclic) bond motifs is 1. The fourth-order valence-electron chi connectivity index (χ4n) is 1.61. The van der Waals surface area contributed by atoms with Crippen LogP contribution in [-0.4, -0.2) is 6.54 Å². The van der Waals surface area contributed by atoms with Gasteiger partial charge in [-0.25, -0.2) is 0 Å². The van der Waals surface area contributed by atoms with E-state index in [-0.39, 0.29) is 0 Å². The molecule has 1 aliphatic heterocycles. The third-order valence-electron chi connectivity index (χ3n) is 2.31. The lowest BCUT2D eigenvalue weighted by molar-refractivity contribution is 0.833. The first-order valence-electron chi connectivity index (χ1n) is 4.20. The summed E-state index contributed by atoms with van der Waals surface area (Å²) in [6.45, 7) is 1.04. The third-order valence-corrected chi connectivity index (χ3v) is 2.31. The lowest BCUT2D eigenvalue weighted by atomic mass is 10.0. The second-order valence-electron chi connectivity index (χ2n) is 3.12. The van der Waals surface area contributed by atoms with Gasteiger partial charge in [-0.1, -0.05) is 0 Å². The number of hydrogen-bond acceptors (Lipinski definition) is 3. The molecular weight excluding hydrogens is 150 g/mol. The summed E-state index contributed by atoms with van der Waals surface area (Å²) in [5, 5.41) is 3.30. The minimum atomic E-state index is 0.692. The number of nitrogens with one attached hydrogen (secondary N) is 1. The second kappa shape index (κ2) is 2.59. The average Bonchev–Trinajstić information content (AvgIpc) is 2.12. The number of benzene rings is 1. The summed E-state index contributed by atoms with van der Waals surface area (Å²) in [6.07, 6.45) is 2.18. The van der Waals surface area contributed by atoms with Crippen LogP contribution in [0.2, 0.25) is 0 Å². The molecule has 0 bridgehead atoms. The van der Waals surface area contributed by atoms with E-state index in [1.165, 1.54) is 5.56 Å². The standard InChI is InChI=1S/C9H13N3/c10-7-3-4-8-6(9(7)11)2-1-5-12-8/h3-4,12H,1-2,5,10-11H2. The van der Waals surface area contributed by atoms with Crippen molar-refractivity contribution in [3.05, 3.63) is 17.7 Å². The van der Waals surface area contributed by atoms with E-state index in [2.05, 4.69) is 5.32 Å². The maximum Gasteiger partial charge on any atom is 0.0601 e. The van der Waals surface area contributed by atoms with Crippen molar-refractivity contribution >= 4 is 17.1 Å². The van der Waals surface area contributed by atoms with Crippen molar-refractivity contribution in [2.45, 2.75) is 12.8 Å². The van der Waals surface area contributed by atoms with E-state index in [0.717, 1.165) is 30.8 Å². The summed E-state index contributed by atoms with van der Waals surface area (Å²) in [4.78, 5) is 0. The highest BCUT2D eigenvalue weighted by atomic mass is 14.9. The first-order chi connectivity index (χ1) is 5.79. The Balaban J connectivity index is 2.54. The molecule has 0 aliphatic carbocycles. The maximum atomic E-state index is 5.84. The zero-order valence-corrected chi connectivity index (χ0v) is 6.93. The van der Waals surface area contributed by atoms with Gasteiger partial charge < -0.3 is 16.8 Å². The highest BCUT2D eigenvalue weighted by molar-refractivity contribution is 5.76. The summed E-state index contributed by atoms with van der Waals surface area (Å²) in [6, 6.07) is 3.85. The molecule has 1 heterocycles. The minimum Gasteiger partial charge on any atom is -0.397 e. The molecule has 0 radical (unpaired) electrons. The number of hydrogen-bond donors (Lipinski definition) is 3. The lowest BCUT2D eigenvalue weighted by Crippen LogP contribution is -2.14. The molecule has 0 unspecified atom stereocenters. The Bertz CT molecular complexity index is 307. The molecule has 64 valence electrons. The first-order valence-corrected chi connectivity index (χ1v) is 4.20. The van der Waals surface area contributed by atoms with Gasteiger partial charge in [-0.15, -0.1) is 0 Å². The van der Waals surface area contributed by atoms with Crippen molar-refractivity contribution in [1.82, 2.24) is 0 Å². The van der Waals surface area contributed by atoms with Crippen LogP contribution in [0.25, 0.3) is 0 Å². The Morgan fingerprint density at radius 3 is 2.92 bits per heavy atom. The molecule has 0 fully saturated rings. The topological polar surface area (TPSA) is 64.1 Å². The fourth-order valence-corrected chi connectivity index (χ4v) is 1.61. The molecule has 0 spiro atoms. The molecule has 0 aromatic heterocycles. The largest absolute Gasteiger partial charge is 0.397 e. The van der Waals surface area contributed by atoms with Gasteiger partial charge in [0.15, 0.2) is 0 Å². The van der Waals surface area contributed by atoms with Crippen LogP contribution >= 0.6 is 0 Å². The second-order valence-corrected chi connectivity index (χ2v) is 3.12. The predicted molar refractivity (Wildman–Crippen MR) is 52.1 cm³/mol. The summed E-state index contributed by atoms with van der Waals surface area (Å²) in [7, 11) is 0. The van der Waals surface area contributed by atoms with Crippen LogP contribution in [0.4, 0.5) is 17.1 Å². The van der Waals surface area contributed by atoms with Gasteiger partial charge in [0.05, 0.1) is 11.4 Å². The molecule has 1 aromatic carbocycles. The van der Waals surface area contributed by atoms with E-state index >= 15 is 0 Å². The van der Waals surface area contributed by atoms with E-state index in [4.69, 9.17) is 11.5 Å². The van der Waals surface area contributed by atoms with Gasteiger partial charge in [0.1, 0.15) is 0 Å². The Morgan fingerprint density at radius 1 is 1.25 bits per heavy atom. The lowest BCUT2D eigenvalue weighted by Gasteiger charge is -2.20. The Hall–Kier alpha value is -1.38. The summed E-state index contributed by atoms with van der Waals surface area (Å²) in [5.74, 6) is 0. The van der Waals surface area contributed by atoms with E-state index < -0.39 is 0 Å². The van der Waals surface area contributed by atoms with E-state index in [9.17, 15) is 0 Å². The number of nitrogens with two attached hydrogens (primary N) is 2. The van der Waals surface area contributed by atoms with Crippen LogP contribution in [-0.2, 0) is 6.42 Å². The molecule has 2 rings (SSSR count). The van der Waals surface area contributed by atoms with Crippen LogP contribution in [0, 0.1) is 0 Å². The van der Waals surface area contributed by atoms with Crippen LogP contribution in [0.1, 0.15) is 12.0 Å². The van der Waals surface area contributed by atoms with Gasteiger partial charge >= 0.3 is 0 Å². The van der Waals surface area contributed by atoms with Gasteiger partial charge in [-0.05, 0) is 25.0 Å². The molecule has 12 heavy (non-hydrogen) atoms. The average molecular weight is 163 g/mol.